The van der Waals surface area contributed by atoms with Gasteiger partial charge in [0.2, 0.25) is 0 Å². The Balaban J connectivity index is 2.08. The molecule has 84 valence electrons. The number of rotatable bonds is 4. The lowest BCUT2D eigenvalue weighted by Crippen LogP contribution is -1.97. The first-order valence-electron chi connectivity index (χ1n) is 4.88. The number of methoxy groups -OCH3 is 1. The number of hydrogen-bond acceptors (Lipinski definition) is 4. The van der Waals surface area contributed by atoms with Gasteiger partial charge in [-0.2, -0.15) is 0 Å². The SMILES string of the molecule is COc1ccc(N)c(OCc2cccs2)c1. The lowest BCUT2D eigenvalue weighted by molar-refractivity contribution is 0.309. The van der Waals surface area contributed by atoms with Gasteiger partial charge in [-0.05, 0) is 23.6 Å². The van der Waals surface area contributed by atoms with E-state index in [1.54, 1.807) is 30.6 Å². The second kappa shape index (κ2) is 4.90. The van der Waals surface area contributed by atoms with Crippen molar-refractivity contribution in [1.82, 2.24) is 0 Å². The Morgan fingerprint density at radius 1 is 1.31 bits per heavy atom. The summed E-state index contributed by atoms with van der Waals surface area (Å²) in [5.41, 5.74) is 6.43. The summed E-state index contributed by atoms with van der Waals surface area (Å²) in [5.74, 6) is 1.41. The normalized spacial score (nSPS) is 10.1. The summed E-state index contributed by atoms with van der Waals surface area (Å²) in [5, 5.41) is 2.02. The molecule has 2 N–H and O–H groups in total. The van der Waals surface area contributed by atoms with Crippen molar-refractivity contribution in [3.05, 3.63) is 40.6 Å². The zero-order chi connectivity index (χ0) is 11.4. The fourth-order valence-corrected chi connectivity index (χ4v) is 1.93. The standard InChI is InChI=1S/C12H13NO2S/c1-14-9-4-5-11(13)12(7-9)15-8-10-3-2-6-16-10/h2-7H,8,13H2,1H3. The minimum Gasteiger partial charge on any atom is -0.497 e. The highest BCUT2D eigenvalue weighted by Crippen LogP contribution is 2.27. The van der Waals surface area contributed by atoms with Gasteiger partial charge in [-0.25, -0.2) is 0 Å². The zero-order valence-corrected chi connectivity index (χ0v) is 9.79. The largest absolute Gasteiger partial charge is 0.497 e. The van der Waals surface area contributed by atoms with Crippen LogP contribution in [0.2, 0.25) is 0 Å². The van der Waals surface area contributed by atoms with Gasteiger partial charge in [-0.3, -0.25) is 0 Å². The molecule has 16 heavy (non-hydrogen) atoms. The van der Waals surface area contributed by atoms with Crippen LogP contribution in [0.1, 0.15) is 4.88 Å². The molecule has 2 aromatic rings. The Kier molecular flexibility index (Phi) is 3.31. The number of anilines is 1. The molecule has 0 spiro atoms. The van der Waals surface area contributed by atoms with Crippen LogP contribution in [0.4, 0.5) is 5.69 Å². The molecule has 0 radical (unpaired) electrons. The van der Waals surface area contributed by atoms with Gasteiger partial charge in [0.05, 0.1) is 12.8 Å². The predicted octanol–water partition coefficient (Wildman–Crippen LogP) is 2.92. The Hall–Kier alpha value is -1.68. The summed E-state index contributed by atoms with van der Waals surface area (Å²) in [4.78, 5) is 1.17. The number of nitrogens with two attached hydrogens (primary N) is 1. The van der Waals surface area contributed by atoms with Crippen molar-refractivity contribution in [3.8, 4) is 11.5 Å². The highest BCUT2D eigenvalue weighted by atomic mass is 32.1. The summed E-state index contributed by atoms with van der Waals surface area (Å²) < 4.78 is 10.7. The number of thiophene rings is 1. The van der Waals surface area contributed by atoms with Crippen LogP contribution in [0.3, 0.4) is 0 Å². The molecule has 4 heteroatoms. The Bertz CT molecular complexity index is 454. The maximum atomic E-state index is 5.81. The van der Waals surface area contributed by atoms with E-state index in [-0.39, 0.29) is 0 Å². The lowest BCUT2D eigenvalue weighted by atomic mass is 10.3. The quantitative estimate of drug-likeness (QED) is 0.829. The van der Waals surface area contributed by atoms with Crippen molar-refractivity contribution < 1.29 is 9.47 Å². The van der Waals surface area contributed by atoms with Gasteiger partial charge in [-0.1, -0.05) is 6.07 Å². The molecule has 0 unspecified atom stereocenters. The summed E-state index contributed by atoms with van der Waals surface area (Å²) in [6.07, 6.45) is 0. The molecule has 2 rings (SSSR count). The van der Waals surface area contributed by atoms with E-state index in [4.69, 9.17) is 15.2 Å². The molecule has 3 nitrogen and oxygen atoms in total. The Morgan fingerprint density at radius 2 is 2.19 bits per heavy atom. The van der Waals surface area contributed by atoms with Crippen molar-refractivity contribution in [2.45, 2.75) is 6.61 Å². The highest BCUT2D eigenvalue weighted by Gasteiger charge is 2.03. The topological polar surface area (TPSA) is 44.5 Å². The third-order valence-corrected chi connectivity index (χ3v) is 3.02. The minimum absolute atomic E-state index is 0.537. The van der Waals surface area contributed by atoms with E-state index >= 15 is 0 Å². The van der Waals surface area contributed by atoms with Crippen molar-refractivity contribution in [1.29, 1.82) is 0 Å². The van der Waals surface area contributed by atoms with E-state index in [0.717, 1.165) is 5.75 Å². The number of hydrogen-bond donors (Lipinski definition) is 1. The van der Waals surface area contributed by atoms with Crippen molar-refractivity contribution in [2.75, 3.05) is 12.8 Å². The van der Waals surface area contributed by atoms with Gasteiger partial charge < -0.3 is 15.2 Å². The van der Waals surface area contributed by atoms with Crippen molar-refractivity contribution in [3.63, 3.8) is 0 Å². The molecular formula is C12H13NO2S. The van der Waals surface area contributed by atoms with E-state index in [0.29, 0.717) is 18.0 Å². The lowest BCUT2D eigenvalue weighted by Gasteiger charge is -2.09. The number of nitrogen functional groups attached to an aromatic ring is 1. The molecule has 0 fully saturated rings. The molecule has 1 aromatic heterocycles. The zero-order valence-electron chi connectivity index (χ0n) is 8.97. The average Bonchev–Trinajstić information content (AvgIpc) is 2.81. The molecular weight excluding hydrogens is 222 g/mol. The van der Waals surface area contributed by atoms with Crippen LogP contribution in [0.5, 0.6) is 11.5 Å². The molecule has 0 aliphatic rings. The van der Waals surface area contributed by atoms with E-state index in [9.17, 15) is 0 Å². The van der Waals surface area contributed by atoms with Gasteiger partial charge in [0.1, 0.15) is 18.1 Å². The Labute approximate surface area is 98.4 Å². The second-order valence-electron chi connectivity index (χ2n) is 3.27. The molecule has 1 aromatic carbocycles. The third kappa shape index (κ3) is 2.46. The van der Waals surface area contributed by atoms with Gasteiger partial charge in [0.15, 0.2) is 0 Å². The first-order valence-corrected chi connectivity index (χ1v) is 5.76. The first kappa shape index (κ1) is 10.8. The van der Waals surface area contributed by atoms with Gasteiger partial charge in [0, 0.05) is 10.9 Å². The molecule has 0 atom stereocenters. The maximum absolute atomic E-state index is 5.81. The van der Waals surface area contributed by atoms with Crippen LogP contribution in [0, 0.1) is 0 Å². The van der Waals surface area contributed by atoms with Crippen LogP contribution >= 0.6 is 11.3 Å². The molecule has 0 saturated heterocycles. The molecule has 1 heterocycles. The van der Waals surface area contributed by atoms with E-state index in [1.165, 1.54) is 4.88 Å². The van der Waals surface area contributed by atoms with Crippen LogP contribution in [0.15, 0.2) is 35.7 Å². The highest BCUT2D eigenvalue weighted by molar-refractivity contribution is 7.09. The van der Waals surface area contributed by atoms with Crippen molar-refractivity contribution >= 4 is 17.0 Å². The van der Waals surface area contributed by atoms with Gasteiger partial charge in [0.25, 0.3) is 0 Å². The fourth-order valence-electron chi connectivity index (χ4n) is 1.31. The summed E-state index contributed by atoms with van der Waals surface area (Å²) in [7, 11) is 1.62. The first-order chi connectivity index (χ1) is 7.79. The summed E-state index contributed by atoms with van der Waals surface area (Å²) >= 11 is 1.66. The molecule has 0 aliphatic heterocycles. The molecule has 0 amide bonds. The van der Waals surface area contributed by atoms with E-state index < -0.39 is 0 Å². The van der Waals surface area contributed by atoms with Crippen LogP contribution in [0.25, 0.3) is 0 Å². The van der Waals surface area contributed by atoms with Gasteiger partial charge >= 0.3 is 0 Å². The molecule has 0 bridgehead atoms. The smallest absolute Gasteiger partial charge is 0.146 e. The fraction of sp³-hybridized carbons (Fsp3) is 0.167. The third-order valence-electron chi connectivity index (χ3n) is 2.17. The van der Waals surface area contributed by atoms with Gasteiger partial charge in [-0.15, -0.1) is 11.3 Å². The van der Waals surface area contributed by atoms with Crippen LogP contribution in [-0.4, -0.2) is 7.11 Å². The Morgan fingerprint density at radius 3 is 2.88 bits per heavy atom. The number of benzene rings is 1. The summed E-state index contributed by atoms with van der Waals surface area (Å²) in [6, 6.07) is 9.41. The average molecular weight is 235 g/mol. The monoisotopic (exact) mass is 235 g/mol. The van der Waals surface area contributed by atoms with E-state index in [2.05, 4.69) is 0 Å². The maximum Gasteiger partial charge on any atom is 0.146 e. The second-order valence-corrected chi connectivity index (χ2v) is 4.30. The molecule has 0 saturated carbocycles. The number of ether oxygens (including phenoxy) is 2. The van der Waals surface area contributed by atoms with Crippen molar-refractivity contribution in [2.24, 2.45) is 0 Å². The predicted molar refractivity (Wildman–Crippen MR) is 66.1 cm³/mol. The van der Waals surface area contributed by atoms with E-state index in [1.807, 2.05) is 23.6 Å². The van der Waals surface area contributed by atoms with Crippen LogP contribution in [-0.2, 0) is 6.61 Å². The minimum atomic E-state index is 0.537. The van der Waals surface area contributed by atoms with Crippen LogP contribution < -0.4 is 15.2 Å². The molecule has 0 aliphatic carbocycles. The summed E-state index contributed by atoms with van der Waals surface area (Å²) in [6.45, 7) is 0.537.